The molecule has 1 saturated carbocycles. The maximum atomic E-state index is 13.7. The first-order valence-corrected chi connectivity index (χ1v) is 7.59. The number of aromatic nitrogens is 2. The van der Waals surface area contributed by atoms with Crippen LogP contribution in [0.25, 0.3) is 11.0 Å². The largest absolute Gasteiger partial charge is 0.354 e. The summed E-state index contributed by atoms with van der Waals surface area (Å²) >= 11 is 0. The predicted octanol–water partition coefficient (Wildman–Crippen LogP) is 4.21. The van der Waals surface area contributed by atoms with Gasteiger partial charge < -0.3 is 9.88 Å². The fourth-order valence-corrected chi connectivity index (χ4v) is 2.90. The lowest BCUT2D eigenvalue weighted by atomic mass is 10.1. The van der Waals surface area contributed by atoms with Crippen molar-refractivity contribution in [2.24, 2.45) is 7.05 Å². The Morgan fingerprint density at radius 3 is 2.87 bits per heavy atom. The van der Waals surface area contributed by atoms with E-state index in [4.69, 9.17) is 10.2 Å². The first-order valence-electron chi connectivity index (χ1n) is 7.59. The van der Waals surface area contributed by atoms with Crippen LogP contribution in [0.4, 0.5) is 15.8 Å². The third-order valence-corrected chi connectivity index (χ3v) is 4.26. The van der Waals surface area contributed by atoms with Gasteiger partial charge in [0.05, 0.1) is 16.7 Å². The molecule has 0 unspecified atom stereocenters. The normalized spacial score (nSPS) is 14.0. The van der Waals surface area contributed by atoms with Crippen LogP contribution in [-0.4, -0.2) is 9.55 Å². The molecule has 3 aromatic rings. The second-order valence-corrected chi connectivity index (χ2v) is 5.91. The molecule has 23 heavy (non-hydrogen) atoms. The smallest absolute Gasteiger partial charge is 0.143 e. The molecule has 2 aromatic carbocycles. The van der Waals surface area contributed by atoms with Crippen molar-refractivity contribution in [2.75, 3.05) is 5.32 Å². The van der Waals surface area contributed by atoms with E-state index in [2.05, 4.69) is 9.88 Å². The molecule has 0 bridgehead atoms. The summed E-state index contributed by atoms with van der Waals surface area (Å²) in [6, 6.07) is 12.3. The van der Waals surface area contributed by atoms with Crippen LogP contribution in [0.5, 0.6) is 0 Å². The van der Waals surface area contributed by atoms with Gasteiger partial charge in [0.2, 0.25) is 0 Å². The van der Waals surface area contributed by atoms with Gasteiger partial charge in [-0.1, -0.05) is 6.07 Å². The molecule has 1 aromatic heterocycles. The maximum absolute atomic E-state index is 13.7. The van der Waals surface area contributed by atoms with E-state index < -0.39 is 5.82 Å². The van der Waals surface area contributed by atoms with Crippen LogP contribution < -0.4 is 5.32 Å². The van der Waals surface area contributed by atoms with E-state index in [1.54, 1.807) is 12.1 Å². The summed E-state index contributed by atoms with van der Waals surface area (Å²) in [7, 11) is 2.04. The summed E-state index contributed by atoms with van der Waals surface area (Å²) in [6.45, 7) is 0. The average Bonchev–Trinajstić information content (AvgIpc) is 3.33. The molecule has 4 rings (SSSR count). The highest BCUT2D eigenvalue weighted by Gasteiger charge is 2.28. The number of benzene rings is 2. The van der Waals surface area contributed by atoms with Gasteiger partial charge in [0.15, 0.2) is 0 Å². The Labute approximate surface area is 133 Å². The van der Waals surface area contributed by atoms with Crippen LogP contribution in [-0.2, 0) is 7.05 Å². The highest BCUT2D eigenvalue weighted by molar-refractivity contribution is 5.82. The van der Waals surface area contributed by atoms with E-state index in [0.29, 0.717) is 11.6 Å². The maximum Gasteiger partial charge on any atom is 0.143 e. The van der Waals surface area contributed by atoms with Gasteiger partial charge in [0.25, 0.3) is 0 Å². The molecule has 0 spiro atoms. The van der Waals surface area contributed by atoms with Crippen LogP contribution in [0.1, 0.15) is 30.1 Å². The van der Waals surface area contributed by atoms with Crippen molar-refractivity contribution >= 4 is 22.4 Å². The minimum Gasteiger partial charge on any atom is -0.354 e. The van der Waals surface area contributed by atoms with Gasteiger partial charge in [-0.25, -0.2) is 9.37 Å². The zero-order chi connectivity index (χ0) is 16.0. The Morgan fingerprint density at radius 1 is 1.30 bits per heavy atom. The van der Waals surface area contributed by atoms with Gasteiger partial charge >= 0.3 is 0 Å². The quantitative estimate of drug-likeness (QED) is 0.789. The molecule has 114 valence electrons. The Balaban J connectivity index is 1.73. The second-order valence-electron chi connectivity index (χ2n) is 5.91. The first kappa shape index (κ1) is 13.8. The standard InChI is InChI=1S/C18H15FN4/c1-23-17-8-7-12(9-16(17)22-18(23)11-5-6-11)21-15-4-2-3-14(19)13(15)10-20/h2-4,7-9,11,21H,5-6H2,1H3. The number of nitrogens with one attached hydrogen (secondary N) is 1. The zero-order valence-electron chi connectivity index (χ0n) is 12.7. The minimum absolute atomic E-state index is 0.0206. The number of halogens is 1. The molecule has 1 heterocycles. The summed E-state index contributed by atoms with van der Waals surface area (Å²) in [5, 5.41) is 12.2. The van der Waals surface area contributed by atoms with E-state index in [-0.39, 0.29) is 5.56 Å². The molecule has 0 radical (unpaired) electrons. The Morgan fingerprint density at radius 2 is 2.13 bits per heavy atom. The lowest BCUT2D eigenvalue weighted by Crippen LogP contribution is -1.96. The molecule has 1 fully saturated rings. The number of imidazole rings is 1. The molecule has 1 N–H and O–H groups in total. The van der Waals surface area contributed by atoms with Crippen molar-refractivity contribution in [1.82, 2.24) is 9.55 Å². The van der Waals surface area contributed by atoms with Gasteiger partial charge in [0, 0.05) is 18.7 Å². The Hall–Kier alpha value is -2.87. The Bertz CT molecular complexity index is 948. The lowest BCUT2D eigenvalue weighted by molar-refractivity contribution is 0.624. The fraction of sp³-hybridized carbons (Fsp3) is 0.222. The summed E-state index contributed by atoms with van der Waals surface area (Å²) < 4.78 is 15.8. The summed E-state index contributed by atoms with van der Waals surface area (Å²) in [6.07, 6.45) is 2.41. The van der Waals surface area contributed by atoms with Gasteiger partial charge in [-0.2, -0.15) is 5.26 Å². The summed E-state index contributed by atoms with van der Waals surface area (Å²) in [5.74, 6) is 1.19. The van der Waals surface area contributed by atoms with Crippen molar-refractivity contribution in [2.45, 2.75) is 18.8 Å². The molecular weight excluding hydrogens is 291 g/mol. The highest BCUT2D eigenvalue weighted by Crippen LogP contribution is 2.40. The van der Waals surface area contributed by atoms with Crippen molar-refractivity contribution in [3.8, 4) is 6.07 Å². The van der Waals surface area contributed by atoms with Crippen LogP contribution in [0.2, 0.25) is 0 Å². The molecule has 4 nitrogen and oxygen atoms in total. The minimum atomic E-state index is -0.521. The molecule has 1 aliphatic rings. The second kappa shape index (κ2) is 5.10. The molecule has 0 atom stereocenters. The number of nitriles is 1. The molecular formula is C18H15FN4. The van der Waals surface area contributed by atoms with Gasteiger partial charge in [0.1, 0.15) is 23.3 Å². The predicted molar refractivity (Wildman–Crippen MR) is 87.1 cm³/mol. The number of fused-ring (bicyclic) bond motifs is 1. The zero-order valence-corrected chi connectivity index (χ0v) is 12.7. The molecule has 0 saturated heterocycles. The number of rotatable bonds is 3. The number of nitrogens with zero attached hydrogens (tertiary/aromatic N) is 3. The topological polar surface area (TPSA) is 53.6 Å². The third kappa shape index (κ3) is 2.33. The van der Waals surface area contributed by atoms with Crippen LogP contribution >= 0.6 is 0 Å². The highest BCUT2D eigenvalue weighted by atomic mass is 19.1. The van der Waals surface area contributed by atoms with Crippen LogP contribution in [0.15, 0.2) is 36.4 Å². The van der Waals surface area contributed by atoms with Crippen molar-refractivity contribution in [1.29, 1.82) is 5.26 Å². The summed E-state index contributed by atoms with van der Waals surface area (Å²) in [4.78, 5) is 4.72. The number of hydrogen-bond donors (Lipinski definition) is 1. The van der Waals surface area contributed by atoms with Crippen LogP contribution in [0, 0.1) is 17.1 Å². The van der Waals surface area contributed by atoms with E-state index in [1.165, 1.54) is 18.9 Å². The first-order chi connectivity index (χ1) is 11.2. The van der Waals surface area contributed by atoms with E-state index >= 15 is 0 Å². The lowest BCUT2D eigenvalue weighted by Gasteiger charge is -2.08. The summed E-state index contributed by atoms with van der Waals surface area (Å²) in [5.41, 5.74) is 3.27. The van der Waals surface area contributed by atoms with Crippen LogP contribution in [0.3, 0.4) is 0 Å². The molecule has 0 aliphatic heterocycles. The number of hydrogen-bond acceptors (Lipinski definition) is 3. The Kier molecular flexibility index (Phi) is 3.05. The van der Waals surface area contributed by atoms with E-state index in [9.17, 15) is 4.39 Å². The van der Waals surface area contributed by atoms with Crippen molar-refractivity contribution in [3.63, 3.8) is 0 Å². The van der Waals surface area contributed by atoms with Gasteiger partial charge in [-0.15, -0.1) is 0 Å². The number of anilines is 2. The van der Waals surface area contributed by atoms with Crippen molar-refractivity contribution < 1.29 is 4.39 Å². The molecule has 0 amide bonds. The molecule has 5 heteroatoms. The fourth-order valence-electron chi connectivity index (χ4n) is 2.90. The van der Waals surface area contributed by atoms with Gasteiger partial charge in [-0.3, -0.25) is 0 Å². The SMILES string of the molecule is Cn1c(C2CC2)nc2cc(Nc3cccc(F)c3C#N)ccc21. The van der Waals surface area contributed by atoms with E-state index in [1.807, 2.05) is 31.3 Å². The molecule has 1 aliphatic carbocycles. The van der Waals surface area contributed by atoms with Crippen molar-refractivity contribution in [3.05, 3.63) is 53.6 Å². The monoisotopic (exact) mass is 306 g/mol. The van der Waals surface area contributed by atoms with E-state index in [0.717, 1.165) is 22.5 Å². The van der Waals surface area contributed by atoms with Gasteiger partial charge in [-0.05, 0) is 43.2 Å². The number of aryl methyl sites for hydroxylation is 1. The third-order valence-electron chi connectivity index (χ3n) is 4.26. The average molecular weight is 306 g/mol.